The Bertz CT molecular complexity index is 800. The van der Waals surface area contributed by atoms with E-state index in [0.717, 1.165) is 0 Å². The van der Waals surface area contributed by atoms with E-state index in [1.807, 2.05) is 0 Å². The maximum Gasteiger partial charge on any atom is 0.446 e. The molecule has 1 heterocycles. The summed E-state index contributed by atoms with van der Waals surface area (Å²) in [7, 11) is 0. The van der Waals surface area contributed by atoms with E-state index in [2.05, 4.69) is 4.98 Å². The Kier molecular flexibility index (Phi) is 5.86. The predicted octanol–water partition coefficient (Wildman–Crippen LogP) is 7.30. The average molecular weight is 455 g/mol. The second-order valence-corrected chi connectivity index (χ2v) is 8.62. The Morgan fingerprint density at radius 3 is 2.00 bits per heavy atom. The number of hydrogen-bond acceptors (Lipinski definition) is 2. The van der Waals surface area contributed by atoms with Gasteiger partial charge in [0.15, 0.2) is 0 Å². The lowest BCUT2D eigenvalue weighted by Crippen LogP contribution is -2.06. The van der Waals surface area contributed by atoms with Gasteiger partial charge in [-0.2, -0.15) is 18.4 Å². The molecule has 1 aromatic carbocycles. The highest BCUT2D eigenvalue weighted by molar-refractivity contribution is 8.00. The van der Waals surface area contributed by atoms with Gasteiger partial charge in [0.2, 0.25) is 3.79 Å². The van der Waals surface area contributed by atoms with Crippen LogP contribution in [0.4, 0.5) is 13.2 Å². The van der Waals surface area contributed by atoms with Crippen molar-refractivity contribution in [2.75, 3.05) is 0 Å². The van der Waals surface area contributed by atoms with Gasteiger partial charge in [-0.05, 0) is 30.0 Å². The lowest BCUT2D eigenvalue weighted by atomic mass is 10.1. The number of rotatable bonds is 2. The second kappa shape index (κ2) is 7.06. The third-order valence-electron chi connectivity index (χ3n) is 2.72. The fourth-order valence-electron chi connectivity index (χ4n) is 1.92. The molecule has 2 rings (SSSR count). The van der Waals surface area contributed by atoms with Crippen molar-refractivity contribution in [1.29, 1.82) is 5.26 Å². The molecule has 0 aliphatic rings. The van der Waals surface area contributed by atoms with Gasteiger partial charge in [-0.1, -0.05) is 58.0 Å². The molecule has 128 valence electrons. The van der Waals surface area contributed by atoms with Gasteiger partial charge in [0.25, 0.3) is 0 Å². The largest absolute Gasteiger partial charge is 0.446 e. The molecule has 0 atom stereocenters. The number of hydrogen-bond donors (Lipinski definition) is 1. The minimum absolute atomic E-state index is 0.0231. The highest BCUT2D eigenvalue weighted by Gasteiger charge is 2.39. The molecule has 2 nitrogen and oxygen atoms in total. The monoisotopic (exact) mass is 452 g/mol. The fourth-order valence-corrected chi connectivity index (χ4v) is 3.83. The minimum Gasteiger partial charge on any atom is -0.353 e. The van der Waals surface area contributed by atoms with Crippen LogP contribution < -0.4 is 0 Å². The molecule has 0 amide bonds. The van der Waals surface area contributed by atoms with E-state index < -0.39 is 26.0 Å². The number of nitrogens with one attached hydrogen (secondary N) is 1. The summed E-state index contributed by atoms with van der Waals surface area (Å²) in [4.78, 5) is 2.06. The first-order valence-electron chi connectivity index (χ1n) is 5.88. The van der Waals surface area contributed by atoms with Gasteiger partial charge in [-0.25, -0.2) is 0 Å². The van der Waals surface area contributed by atoms with E-state index >= 15 is 0 Å². The zero-order valence-electron chi connectivity index (χ0n) is 11.1. The third-order valence-corrected chi connectivity index (χ3v) is 4.57. The highest BCUT2D eigenvalue weighted by Crippen LogP contribution is 2.50. The van der Waals surface area contributed by atoms with Crippen LogP contribution >= 0.6 is 69.8 Å². The van der Waals surface area contributed by atoms with Crippen LogP contribution in [0.2, 0.25) is 10.0 Å². The lowest BCUT2D eigenvalue weighted by Gasteiger charge is -2.12. The van der Waals surface area contributed by atoms with Crippen molar-refractivity contribution in [3.05, 3.63) is 39.5 Å². The normalized spacial score (nSPS) is 12.3. The van der Waals surface area contributed by atoms with E-state index in [1.165, 1.54) is 18.2 Å². The maximum atomic E-state index is 12.8. The summed E-state index contributed by atoms with van der Waals surface area (Å²) in [6.07, 6.45) is 0. The van der Waals surface area contributed by atoms with Crippen molar-refractivity contribution in [3.63, 3.8) is 0 Å². The van der Waals surface area contributed by atoms with E-state index in [-0.39, 0.29) is 32.6 Å². The van der Waals surface area contributed by atoms with E-state index in [1.54, 1.807) is 6.07 Å². The Balaban J connectivity index is 2.76. The Morgan fingerprint density at radius 2 is 1.58 bits per heavy atom. The summed E-state index contributed by atoms with van der Waals surface area (Å²) < 4.78 is 36.3. The molecule has 1 aromatic heterocycles. The standard InChI is InChI=1S/C13H4Cl5F3N2S/c14-6-1-5(2-7(15)3-6)9-8(4-22)10(24-13(19,20)21)11(23-9)12(16,17)18/h1-3,23H. The topological polar surface area (TPSA) is 39.6 Å². The number of thioether (sulfide) groups is 1. The molecule has 0 fully saturated rings. The number of aromatic amines is 1. The first-order chi connectivity index (χ1) is 10.9. The predicted molar refractivity (Wildman–Crippen MR) is 92.1 cm³/mol. The van der Waals surface area contributed by atoms with Crippen LogP contribution in [0, 0.1) is 11.3 Å². The maximum absolute atomic E-state index is 12.8. The van der Waals surface area contributed by atoms with Crippen LogP contribution in [0.1, 0.15) is 11.3 Å². The summed E-state index contributed by atoms with van der Waals surface area (Å²) in [6.45, 7) is 0. The molecule has 24 heavy (non-hydrogen) atoms. The summed E-state index contributed by atoms with van der Waals surface area (Å²) in [6, 6.07) is 5.98. The zero-order chi connectivity index (χ0) is 18.3. The summed E-state index contributed by atoms with van der Waals surface area (Å²) in [5.41, 5.74) is -5.06. The van der Waals surface area contributed by atoms with E-state index in [9.17, 15) is 18.4 Å². The number of benzene rings is 1. The SMILES string of the molecule is N#Cc1c(-c2cc(Cl)cc(Cl)c2)[nH]c(C(Cl)(Cl)Cl)c1SC(F)(F)F. The second-order valence-electron chi connectivity index (χ2n) is 4.39. The van der Waals surface area contributed by atoms with Crippen LogP contribution in [0.3, 0.4) is 0 Å². The van der Waals surface area contributed by atoms with Crippen molar-refractivity contribution in [2.24, 2.45) is 0 Å². The smallest absolute Gasteiger partial charge is 0.353 e. The number of nitrogens with zero attached hydrogens (tertiary/aromatic N) is 1. The zero-order valence-corrected chi connectivity index (χ0v) is 15.7. The van der Waals surface area contributed by atoms with Crippen LogP contribution in [0.25, 0.3) is 11.3 Å². The molecule has 1 N–H and O–H groups in total. The molecule has 0 saturated heterocycles. The summed E-state index contributed by atoms with van der Waals surface area (Å²) >= 11 is 28.5. The van der Waals surface area contributed by atoms with Crippen LogP contribution in [-0.2, 0) is 3.79 Å². The molecule has 0 saturated carbocycles. The molecule has 0 unspecified atom stereocenters. The first-order valence-corrected chi connectivity index (χ1v) is 8.58. The summed E-state index contributed by atoms with van der Waals surface area (Å²) in [5, 5.41) is 9.79. The van der Waals surface area contributed by atoms with Crippen molar-refractivity contribution < 1.29 is 13.2 Å². The van der Waals surface area contributed by atoms with Gasteiger partial charge in [0.1, 0.15) is 6.07 Å². The van der Waals surface area contributed by atoms with Gasteiger partial charge < -0.3 is 4.98 Å². The molecule has 0 aliphatic carbocycles. The molecular weight excluding hydrogens is 450 g/mol. The molecule has 2 aromatic rings. The van der Waals surface area contributed by atoms with Crippen molar-refractivity contribution in [3.8, 4) is 17.3 Å². The minimum atomic E-state index is -4.68. The van der Waals surface area contributed by atoms with E-state index in [0.29, 0.717) is 0 Å². The fraction of sp³-hybridized carbons (Fsp3) is 0.154. The lowest BCUT2D eigenvalue weighted by molar-refractivity contribution is -0.0328. The van der Waals surface area contributed by atoms with Crippen LogP contribution in [0.5, 0.6) is 0 Å². The van der Waals surface area contributed by atoms with Gasteiger partial charge in [-0.15, -0.1) is 0 Å². The molecule has 0 aliphatic heterocycles. The van der Waals surface area contributed by atoms with Gasteiger partial charge in [0.05, 0.1) is 21.8 Å². The van der Waals surface area contributed by atoms with Gasteiger partial charge in [0, 0.05) is 15.6 Å². The number of nitriles is 1. The van der Waals surface area contributed by atoms with Crippen LogP contribution in [0.15, 0.2) is 23.1 Å². The number of aromatic nitrogens is 1. The summed E-state index contributed by atoms with van der Waals surface area (Å²) in [5.74, 6) is 0. The molecular formula is C13H4Cl5F3N2S. The van der Waals surface area contributed by atoms with Crippen LogP contribution in [-0.4, -0.2) is 10.5 Å². The third kappa shape index (κ3) is 4.60. The Labute approximate surface area is 163 Å². The van der Waals surface area contributed by atoms with Gasteiger partial charge in [-0.3, -0.25) is 0 Å². The molecule has 11 heteroatoms. The van der Waals surface area contributed by atoms with E-state index in [4.69, 9.17) is 58.0 Å². The average Bonchev–Trinajstić information content (AvgIpc) is 2.73. The Hall–Kier alpha value is -0.420. The van der Waals surface area contributed by atoms with Crippen molar-refractivity contribution >= 4 is 69.8 Å². The molecule has 0 radical (unpaired) electrons. The van der Waals surface area contributed by atoms with Crippen molar-refractivity contribution in [2.45, 2.75) is 14.2 Å². The van der Waals surface area contributed by atoms with Crippen molar-refractivity contribution in [1.82, 2.24) is 4.98 Å². The van der Waals surface area contributed by atoms with Gasteiger partial charge >= 0.3 is 5.51 Å². The number of H-pyrrole nitrogens is 1. The first kappa shape index (κ1) is 19.9. The molecule has 0 spiro atoms. The Morgan fingerprint density at radius 1 is 1.04 bits per heavy atom. The number of halogens is 8. The quantitative estimate of drug-likeness (QED) is 0.382. The number of alkyl halides is 6. The molecule has 0 bridgehead atoms. The highest BCUT2D eigenvalue weighted by atomic mass is 35.6.